The van der Waals surface area contributed by atoms with E-state index in [-0.39, 0.29) is 18.7 Å². The van der Waals surface area contributed by atoms with Gasteiger partial charge >= 0.3 is 0 Å². The molecule has 1 aliphatic rings. The fraction of sp³-hybridized carbons (Fsp3) is 0.333. The van der Waals surface area contributed by atoms with E-state index in [0.29, 0.717) is 16.5 Å². The van der Waals surface area contributed by atoms with E-state index in [9.17, 15) is 14.7 Å². The first-order valence-electron chi connectivity index (χ1n) is 6.51. The molecule has 0 bridgehead atoms. The van der Waals surface area contributed by atoms with Gasteiger partial charge in [-0.25, -0.2) is 0 Å². The predicted octanol–water partition coefficient (Wildman–Crippen LogP) is 1.53. The van der Waals surface area contributed by atoms with Crippen molar-refractivity contribution in [3.05, 3.63) is 35.4 Å². The second-order valence-corrected chi connectivity index (χ2v) is 5.33. The van der Waals surface area contributed by atoms with Crippen LogP contribution in [0.25, 0.3) is 0 Å². The molecule has 0 radical (unpaired) electrons. The first-order chi connectivity index (χ1) is 10.0. The number of methoxy groups -OCH3 is 1. The molecule has 1 aromatic carbocycles. The molecule has 2 unspecified atom stereocenters. The van der Waals surface area contributed by atoms with Gasteiger partial charge in [-0.05, 0) is 37.1 Å². The standard InChI is InChI=1S/C15H16ClNO4/c1-21-11-5-3-10(4-6-11)17-14(18)13-8-9(16)2-7-12(13)15(19)20/h2-6,12-13H,7-8H2,1H3,(H,17,18)(H,19,20)/p-1. The number of anilines is 1. The Labute approximate surface area is 127 Å². The molecule has 1 N–H and O–H groups in total. The summed E-state index contributed by atoms with van der Waals surface area (Å²) in [6, 6.07) is 6.79. The highest BCUT2D eigenvalue weighted by Gasteiger charge is 2.32. The van der Waals surface area contributed by atoms with Crippen molar-refractivity contribution in [1.29, 1.82) is 0 Å². The molecule has 1 aromatic rings. The molecule has 0 heterocycles. The van der Waals surface area contributed by atoms with E-state index in [2.05, 4.69) is 5.32 Å². The molecule has 1 amide bonds. The lowest BCUT2D eigenvalue weighted by molar-refractivity contribution is -0.313. The largest absolute Gasteiger partial charge is 0.550 e. The van der Waals surface area contributed by atoms with Crippen LogP contribution in [0.1, 0.15) is 12.8 Å². The number of carboxylic acids is 1. The van der Waals surface area contributed by atoms with Crippen molar-refractivity contribution in [3.8, 4) is 5.75 Å². The molecule has 0 saturated carbocycles. The van der Waals surface area contributed by atoms with Gasteiger partial charge in [0.1, 0.15) is 5.75 Å². The number of nitrogens with one attached hydrogen (secondary N) is 1. The molecule has 6 heteroatoms. The zero-order valence-corrected chi connectivity index (χ0v) is 12.2. The highest BCUT2D eigenvalue weighted by atomic mass is 35.5. The van der Waals surface area contributed by atoms with Crippen molar-refractivity contribution in [1.82, 2.24) is 0 Å². The third-order valence-electron chi connectivity index (χ3n) is 3.49. The lowest BCUT2D eigenvalue weighted by Crippen LogP contribution is -2.42. The van der Waals surface area contributed by atoms with Crippen LogP contribution in [0.3, 0.4) is 0 Å². The highest BCUT2D eigenvalue weighted by molar-refractivity contribution is 6.29. The van der Waals surface area contributed by atoms with E-state index in [1.807, 2.05) is 0 Å². The molecule has 1 aliphatic carbocycles. The summed E-state index contributed by atoms with van der Waals surface area (Å²) in [5.74, 6) is -2.52. The molecule has 0 fully saturated rings. The van der Waals surface area contributed by atoms with Gasteiger partial charge in [-0.15, -0.1) is 0 Å². The number of carbonyl (C=O) groups is 2. The van der Waals surface area contributed by atoms with E-state index in [0.717, 1.165) is 0 Å². The molecule has 0 saturated heterocycles. The fourth-order valence-corrected chi connectivity index (χ4v) is 2.56. The van der Waals surface area contributed by atoms with E-state index in [1.165, 1.54) is 0 Å². The zero-order valence-electron chi connectivity index (χ0n) is 11.5. The van der Waals surface area contributed by atoms with Gasteiger partial charge in [0.15, 0.2) is 0 Å². The average Bonchev–Trinajstić information content (AvgIpc) is 2.47. The quantitative estimate of drug-likeness (QED) is 0.915. The van der Waals surface area contributed by atoms with Crippen molar-refractivity contribution in [3.63, 3.8) is 0 Å². The number of carboxylic acid groups (broad SMARTS) is 1. The van der Waals surface area contributed by atoms with Crippen LogP contribution in [0.5, 0.6) is 5.75 Å². The van der Waals surface area contributed by atoms with E-state index in [4.69, 9.17) is 16.3 Å². The number of aliphatic carboxylic acids is 1. The number of benzene rings is 1. The van der Waals surface area contributed by atoms with Crippen LogP contribution in [0.4, 0.5) is 5.69 Å². The first kappa shape index (κ1) is 15.4. The summed E-state index contributed by atoms with van der Waals surface area (Å²) in [6.45, 7) is 0. The number of allylic oxidation sites excluding steroid dienone is 2. The molecule has 0 spiro atoms. The molecule has 112 valence electrons. The minimum atomic E-state index is -1.23. The van der Waals surface area contributed by atoms with E-state index >= 15 is 0 Å². The monoisotopic (exact) mass is 308 g/mol. The third kappa shape index (κ3) is 3.76. The van der Waals surface area contributed by atoms with Gasteiger partial charge < -0.3 is 20.0 Å². The van der Waals surface area contributed by atoms with Crippen LogP contribution >= 0.6 is 11.6 Å². The maximum atomic E-state index is 12.3. The average molecular weight is 309 g/mol. The van der Waals surface area contributed by atoms with Crippen LogP contribution in [-0.4, -0.2) is 19.0 Å². The summed E-state index contributed by atoms with van der Waals surface area (Å²) in [5, 5.41) is 14.3. The van der Waals surface area contributed by atoms with Crippen molar-refractivity contribution in [2.24, 2.45) is 11.8 Å². The summed E-state index contributed by atoms with van der Waals surface area (Å²) < 4.78 is 5.03. The Morgan fingerprint density at radius 2 is 1.95 bits per heavy atom. The molecular formula is C15H15ClNO4-. The molecule has 0 aliphatic heterocycles. The van der Waals surface area contributed by atoms with E-state index in [1.54, 1.807) is 37.5 Å². The second-order valence-electron chi connectivity index (χ2n) is 4.84. The molecule has 2 atom stereocenters. The number of ether oxygens (including phenoxy) is 1. The summed E-state index contributed by atoms with van der Waals surface area (Å²) in [5.41, 5.74) is 0.573. The first-order valence-corrected chi connectivity index (χ1v) is 6.89. The highest BCUT2D eigenvalue weighted by Crippen LogP contribution is 2.32. The van der Waals surface area contributed by atoms with Gasteiger partial charge in [0.25, 0.3) is 0 Å². The Morgan fingerprint density at radius 3 is 2.52 bits per heavy atom. The third-order valence-corrected chi connectivity index (χ3v) is 3.80. The summed E-state index contributed by atoms with van der Waals surface area (Å²) in [6.07, 6.45) is 2.04. The minimum Gasteiger partial charge on any atom is -0.550 e. The Hall–Kier alpha value is -2.01. The Kier molecular flexibility index (Phi) is 4.85. The fourth-order valence-electron chi connectivity index (χ4n) is 2.30. The van der Waals surface area contributed by atoms with Crippen LogP contribution in [0.2, 0.25) is 0 Å². The maximum Gasteiger partial charge on any atom is 0.228 e. The summed E-state index contributed by atoms with van der Waals surface area (Å²) in [7, 11) is 1.55. The van der Waals surface area contributed by atoms with Gasteiger partial charge in [-0.2, -0.15) is 0 Å². The molecule has 0 aromatic heterocycles. The van der Waals surface area contributed by atoms with Crippen LogP contribution in [0, 0.1) is 11.8 Å². The van der Waals surface area contributed by atoms with Crippen molar-refractivity contribution < 1.29 is 19.4 Å². The number of hydrogen-bond acceptors (Lipinski definition) is 4. The smallest absolute Gasteiger partial charge is 0.228 e. The number of carbonyl (C=O) groups excluding carboxylic acids is 2. The topological polar surface area (TPSA) is 78.5 Å². The Bertz CT molecular complexity index is 568. The van der Waals surface area contributed by atoms with Crippen LogP contribution in [0.15, 0.2) is 35.4 Å². The molecular weight excluding hydrogens is 294 g/mol. The number of halogens is 1. The number of rotatable bonds is 4. The minimum absolute atomic E-state index is 0.210. The SMILES string of the molecule is COc1ccc(NC(=O)C2CC(Cl)=CCC2C(=O)[O-])cc1. The lowest BCUT2D eigenvalue weighted by atomic mass is 9.82. The zero-order chi connectivity index (χ0) is 15.4. The van der Waals surface area contributed by atoms with Gasteiger partial charge in [-0.1, -0.05) is 17.7 Å². The number of amides is 1. The van der Waals surface area contributed by atoms with Crippen molar-refractivity contribution >= 4 is 29.2 Å². The Balaban J connectivity index is 2.10. The Morgan fingerprint density at radius 1 is 1.29 bits per heavy atom. The predicted molar refractivity (Wildman–Crippen MR) is 76.8 cm³/mol. The summed E-state index contributed by atoms with van der Waals surface area (Å²) >= 11 is 5.92. The lowest BCUT2D eigenvalue weighted by Gasteiger charge is -2.29. The van der Waals surface area contributed by atoms with Gasteiger partial charge in [0.2, 0.25) is 5.91 Å². The van der Waals surface area contributed by atoms with Gasteiger partial charge in [-0.3, -0.25) is 4.79 Å². The maximum absolute atomic E-state index is 12.3. The van der Waals surface area contributed by atoms with E-state index < -0.39 is 17.8 Å². The summed E-state index contributed by atoms with van der Waals surface area (Å²) in [4.78, 5) is 23.4. The molecule has 21 heavy (non-hydrogen) atoms. The van der Waals surface area contributed by atoms with Gasteiger partial charge in [0.05, 0.1) is 13.0 Å². The molecule has 2 rings (SSSR count). The molecule has 5 nitrogen and oxygen atoms in total. The normalized spacial score (nSPS) is 21.3. The van der Waals surface area contributed by atoms with Crippen molar-refractivity contribution in [2.75, 3.05) is 12.4 Å². The number of hydrogen-bond donors (Lipinski definition) is 1. The van der Waals surface area contributed by atoms with Crippen molar-refractivity contribution in [2.45, 2.75) is 12.8 Å². The second kappa shape index (κ2) is 6.63. The van der Waals surface area contributed by atoms with Gasteiger partial charge in [0, 0.05) is 22.6 Å². The van der Waals surface area contributed by atoms with Crippen LogP contribution < -0.4 is 15.2 Å². The van der Waals surface area contributed by atoms with Crippen LogP contribution in [-0.2, 0) is 9.59 Å².